The number of phenolic OH excluding ortho intramolecular Hbond substituents is 1. The van der Waals surface area contributed by atoms with E-state index in [1.54, 1.807) is 12.3 Å². The van der Waals surface area contributed by atoms with Gasteiger partial charge in [-0.25, -0.2) is 4.98 Å². The van der Waals surface area contributed by atoms with E-state index in [2.05, 4.69) is 39.2 Å². The molecule has 0 radical (unpaired) electrons. The van der Waals surface area contributed by atoms with Crippen LogP contribution in [0.5, 0.6) is 5.75 Å². The molecule has 4 N–H and O–H groups in total. The van der Waals surface area contributed by atoms with E-state index in [1.165, 1.54) is 0 Å². The number of carbonyl (C=O) groups excluding carboxylic acids is 1. The van der Waals surface area contributed by atoms with Crippen LogP contribution in [0.4, 0.5) is 0 Å². The van der Waals surface area contributed by atoms with Crippen LogP contribution in [0.25, 0.3) is 5.82 Å². The Labute approximate surface area is 236 Å². The number of rotatable bonds is 11. The molecule has 0 saturated carbocycles. The van der Waals surface area contributed by atoms with Crippen LogP contribution in [-0.2, 0) is 12.8 Å². The molecule has 0 saturated heterocycles. The first-order valence-electron chi connectivity index (χ1n) is 13.8. The summed E-state index contributed by atoms with van der Waals surface area (Å²) < 4.78 is 2.09. The molecule has 0 aliphatic rings. The number of carbonyl (C=O) groups is 1. The molecule has 0 bridgehead atoms. The molecule has 7 nitrogen and oxygen atoms in total. The average molecular weight is 541 g/mol. The number of amides is 1. The van der Waals surface area contributed by atoms with Crippen molar-refractivity contribution < 1.29 is 15.0 Å². The largest absolute Gasteiger partial charge is 0.508 e. The van der Waals surface area contributed by atoms with Crippen molar-refractivity contribution in [3.8, 4) is 11.6 Å². The number of nitrogens with one attached hydrogen (secondary N) is 2. The summed E-state index contributed by atoms with van der Waals surface area (Å²) in [6, 6.07) is 19.4. The maximum Gasteiger partial charge on any atom is 0.251 e. The summed E-state index contributed by atoms with van der Waals surface area (Å²) in [5, 5.41) is 27.0. The van der Waals surface area contributed by atoms with E-state index in [9.17, 15) is 15.0 Å². The summed E-state index contributed by atoms with van der Waals surface area (Å²) in [7, 11) is 0. The molecule has 0 fully saturated rings. The number of hydrogen-bond acceptors (Lipinski definition) is 5. The van der Waals surface area contributed by atoms with Crippen LogP contribution in [0.2, 0.25) is 0 Å². The number of aryl methyl sites for hydroxylation is 2. The third kappa shape index (κ3) is 6.97. The van der Waals surface area contributed by atoms with Gasteiger partial charge in [-0.05, 0) is 106 Å². The van der Waals surface area contributed by atoms with Crippen LogP contribution in [-0.4, -0.2) is 44.8 Å². The molecule has 4 aromatic rings. The van der Waals surface area contributed by atoms with Crippen LogP contribution >= 0.6 is 0 Å². The molecule has 0 unspecified atom stereocenters. The summed E-state index contributed by atoms with van der Waals surface area (Å²) >= 11 is 0. The zero-order valence-corrected chi connectivity index (χ0v) is 24.0. The first-order valence-corrected chi connectivity index (χ1v) is 13.8. The Balaban J connectivity index is 1.26. The fourth-order valence-corrected chi connectivity index (χ4v) is 5.00. The Hall–Kier alpha value is -3.94. The normalized spacial score (nSPS) is 12.8. The lowest BCUT2D eigenvalue weighted by Crippen LogP contribution is -2.32. The highest BCUT2D eigenvalue weighted by Gasteiger charge is 2.13. The topological polar surface area (TPSA) is 99.4 Å². The van der Waals surface area contributed by atoms with Crippen molar-refractivity contribution >= 4 is 5.91 Å². The molecule has 7 heteroatoms. The van der Waals surface area contributed by atoms with E-state index >= 15 is 0 Å². The van der Waals surface area contributed by atoms with Crippen molar-refractivity contribution in [2.75, 3.05) is 13.1 Å². The van der Waals surface area contributed by atoms with Gasteiger partial charge in [0.15, 0.2) is 0 Å². The fourth-order valence-electron chi connectivity index (χ4n) is 5.00. The first kappa shape index (κ1) is 29.1. The predicted octanol–water partition coefficient (Wildman–Crippen LogP) is 5.04. The molecule has 4 rings (SSSR count). The van der Waals surface area contributed by atoms with Crippen molar-refractivity contribution in [3.05, 3.63) is 112 Å². The van der Waals surface area contributed by atoms with Gasteiger partial charge < -0.3 is 25.4 Å². The van der Waals surface area contributed by atoms with Crippen LogP contribution in [0.1, 0.15) is 62.6 Å². The zero-order valence-electron chi connectivity index (χ0n) is 24.0. The molecule has 2 heterocycles. The summed E-state index contributed by atoms with van der Waals surface area (Å²) in [5.41, 5.74) is 7.73. The maximum absolute atomic E-state index is 12.8. The molecule has 210 valence electrons. The smallest absolute Gasteiger partial charge is 0.251 e. The molecule has 0 aliphatic heterocycles. The molecular weight excluding hydrogens is 500 g/mol. The Bertz CT molecular complexity index is 1440. The first-order chi connectivity index (χ1) is 19.1. The van der Waals surface area contributed by atoms with Crippen molar-refractivity contribution in [1.82, 2.24) is 20.2 Å². The van der Waals surface area contributed by atoms with E-state index in [-0.39, 0.29) is 11.9 Å². The van der Waals surface area contributed by atoms with Gasteiger partial charge in [-0.1, -0.05) is 24.3 Å². The molecule has 2 atom stereocenters. The minimum atomic E-state index is -0.672. The lowest BCUT2D eigenvalue weighted by atomic mass is 10.00. The van der Waals surface area contributed by atoms with Crippen LogP contribution in [0.3, 0.4) is 0 Å². The van der Waals surface area contributed by atoms with E-state index in [1.807, 2.05) is 70.2 Å². The summed E-state index contributed by atoms with van der Waals surface area (Å²) in [5.74, 6) is 1.03. The quantitative estimate of drug-likeness (QED) is 0.214. The molecule has 0 spiro atoms. The van der Waals surface area contributed by atoms with E-state index in [0.29, 0.717) is 30.8 Å². The van der Waals surface area contributed by atoms with Crippen molar-refractivity contribution in [2.24, 2.45) is 0 Å². The lowest BCUT2D eigenvalue weighted by Gasteiger charge is -2.18. The van der Waals surface area contributed by atoms with Gasteiger partial charge in [-0.3, -0.25) is 4.79 Å². The second-order valence-electron chi connectivity index (χ2n) is 10.6. The zero-order chi connectivity index (χ0) is 28.8. The van der Waals surface area contributed by atoms with Gasteiger partial charge in [-0.15, -0.1) is 0 Å². The highest BCUT2D eigenvalue weighted by Crippen LogP contribution is 2.23. The van der Waals surface area contributed by atoms with Crippen LogP contribution in [0.15, 0.2) is 66.9 Å². The monoisotopic (exact) mass is 540 g/mol. The Morgan fingerprint density at radius 2 is 1.73 bits per heavy atom. The molecule has 0 aliphatic carbocycles. The lowest BCUT2D eigenvalue weighted by molar-refractivity contribution is 0.0954. The van der Waals surface area contributed by atoms with Crippen LogP contribution in [0, 0.1) is 27.7 Å². The van der Waals surface area contributed by atoms with Gasteiger partial charge in [0, 0.05) is 47.8 Å². The Morgan fingerprint density at radius 1 is 0.975 bits per heavy atom. The fraction of sp³-hybridized carbons (Fsp3) is 0.333. The van der Waals surface area contributed by atoms with Gasteiger partial charge in [0.25, 0.3) is 5.91 Å². The van der Waals surface area contributed by atoms with E-state index in [4.69, 9.17) is 0 Å². The van der Waals surface area contributed by atoms with E-state index in [0.717, 1.165) is 51.4 Å². The third-order valence-electron chi connectivity index (χ3n) is 7.60. The van der Waals surface area contributed by atoms with Gasteiger partial charge >= 0.3 is 0 Å². The van der Waals surface area contributed by atoms with Crippen LogP contribution < -0.4 is 10.6 Å². The third-order valence-corrected chi connectivity index (χ3v) is 7.60. The molecule has 2 aromatic carbocycles. The molecule has 40 heavy (non-hydrogen) atoms. The Morgan fingerprint density at radius 3 is 2.42 bits per heavy atom. The highest BCUT2D eigenvalue weighted by atomic mass is 16.3. The minimum Gasteiger partial charge on any atom is -0.508 e. The second kappa shape index (κ2) is 12.9. The number of aromatic nitrogens is 2. The standard InChI is InChI=1S/C33H40N4O3/c1-21(35-20-31(39)29-12-14-32(36-19-29)37-22(2)9-10-23(37)3)17-26-7-6-8-28(18-26)33(40)34-16-15-27-11-13-30(38)25(5)24(27)4/h6-14,18-19,21,31,35,38-39H,15-17,20H2,1-5H3,(H,34,40)/t21-,31-/m1/s1. The predicted molar refractivity (Wildman–Crippen MR) is 159 cm³/mol. The number of hydrogen-bond donors (Lipinski definition) is 4. The Kier molecular flexibility index (Phi) is 9.40. The number of benzene rings is 2. The second-order valence-corrected chi connectivity index (χ2v) is 10.6. The number of nitrogens with zero attached hydrogens (tertiary/aromatic N) is 2. The number of pyridine rings is 1. The molecule has 2 aromatic heterocycles. The minimum absolute atomic E-state index is 0.103. The number of aromatic hydroxyl groups is 1. The molecular formula is C33H40N4O3. The van der Waals surface area contributed by atoms with Gasteiger partial charge in [0.1, 0.15) is 11.6 Å². The summed E-state index contributed by atoms with van der Waals surface area (Å²) in [6.07, 6.45) is 2.49. The van der Waals surface area contributed by atoms with Gasteiger partial charge in [0.2, 0.25) is 0 Å². The number of aliphatic hydroxyl groups excluding tert-OH is 1. The number of phenols is 1. The number of aliphatic hydroxyl groups is 1. The van der Waals surface area contributed by atoms with Crippen molar-refractivity contribution in [2.45, 2.75) is 59.6 Å². The van der Waals surface area contributed by atoms with E-state index < -0.39 is 6.10 Å². The van der Waals surface area contributed by atoms with Crippen molar-refractivity contribution in [1.29, 1.82) is 0 Å². The maximum atomic E-state index is 12.8. The summed E-state index contributed by atoms with van der Waals surface area (Å²) in [4.78, 5) is 17.3. The van der Waals surface area contributed by atoms with Gasteiger partial charge in [0.05, 0.1) is 6.10 Å². The SMILES string of the molecule is Cc1c(O)ccc(CCNC(=O)c2cccc(C[C@@H](C)NC[C@@H](O)c3ccc(-n4c(C)ccc4C)nc3)c2)c1C. The molecule has 1 amide bonds. The van der Waals surface area contributed by atoms with Crippen molar-refractivity contribution in [3.63, 3.8) is 0 Å². The highest BCUT2D eigenvalue weighted by molar-refractivity contribution is 5.94. The van der Waals surface area contributed by atoms with Gasteiger partial charge in [-0.2, -0.15) is 0 Å². The average Bonchev–Trinajstić information content (AvgIpc) is 3.29. The summed E-state index contributed by atoms with van der Waals surface area (Å²) in [6.45, 7) is 11.0.